The second-order valence-electron chi connectivity index (χ2n) is 12.0. The number of rotatable bonds is 13. The van der Waals surface area contributed by atoms with Gasteiger partial charge in [-0.1, -0.05) is 18.2 Å². The largest absolute Gasteiger partial charge is 0.488 e. The van der Waals surface area contributed by atoms with E-state index in [4.69, 9.17) is 35.9 Å². The van der Waals surface area contributed by atoms with Crippen LogP contribution in [0.25, 0.3) is 22.3 Å². The number of aliphatic hydroxyl groups excluding tert-OH is 2. The summed E-state index contributed by atoms with van der Waals surface area (Å²) in [5, 5.41) is 32.7. The van der Waals surface area contributed by atoms with Crippen LogP contribution in [0.15, 0.2) is 55.6 Å². The normalized spacial score (nSPS) is 26.9. The Labute approximate surface area is 301 Å². The number of hydrogen-bond donors (Lipinski definition) is 3. The molecule has 2 aliphatic rings. The monoisotopic (exact) mass is 751 g/mol. The summed E-state index contributed by atoms with van der Waals surface area (Å²) in [5.41, 5.74) is 1.86. The first-order chi connectivity index (χ1) is 25.6. The number of alkyl halides is 2. The number of halogens is 2. The van der Waals surface area contributed by atoms with Crippen molar-refractivity contribution in [3.63, 3.8) is 0 Å². The maximum Gasteiger partial charge on any atom is 0.488 e. The Kier molecular flexibility index (Phi) is 10.6. The van der Waals surface area contributed by atoms with E-state index in [0.29, 0.717) is 16.8 Å². The van der Waals surface area contributed by atoms with Crippen molar-refractivity contribution in [2.45, 2.75) is 62.6 Å². The van der Waals surface area contributed by atoms with Gasteiger partial charge >= 0.3 is 15.4 Å². The van der Waals surface area contributed by atoms with E-state index in [-0.39, 0.29) is 35.7 Å². The van der Waals surface area contributed by atoms with Gasteiger partial charge in [0.05, 0.1) is 37.4 Å². The maximum absolute atomic E-state index is 16.2. The number of anilines is 1. The third-order valence-corrected chi connectivity index (χ3v) is 10.2. The van der Waals surface area contributed by atoms with Gasteiger partial charge in [0.2, 0.25) is 0 Å². The van der Waals surface area contributed by atoms with Gasteiger partial charge in [-0.15, -0.1) is 0 Å². The number of aryl methyl sites for hydroxylation is 1. The average Bonchev–Trinajstić information content (AvgIpc) is 3.93. The molecule has 53 heavy (non-hydrogen) atoms. The molecule has 1 unspecified atom stereocenters. The predicted octanol–water partition coefficient (Wildman–Crippen LogP) is 2.23. The summed E-state index contributed by atoms with van der Waals surface area (Å²) in [4.78, 5) is 37.8. The number of nitriles is 1. The van der Waals surface area contributed by atoms with Gasteiger partial charge in [0.15, 0.2) is 53.5 Å². The Morgan fingerprint density at radius 1 is 0.981 bits per heavy atom. The molecule has 0 spiro atoms. The highest BCUT2D eigenvalue weighted by molar-refractivity contribution is 7.85. The Morgan fingerprint density at radius 3 is 2.36 bits per heavy atom. The van der Waals surface area contributed by atoms with Crippen LogP contribution in [-0.2, 0) is 23.0 Å². The van der Waals surface area contributed by atoms with Crippen molar-refractivity contribution < 1.29 is 46.8 Å². The Balaban J connectivity index is 1.06. The minimum atomic E-state index is -4.08. The molecule has 18 nitrogen and oxygen atoms in total. The van der Waals surface area contributed by atoms with Gasteiger partial charge in [0.25, 0.3) is 5.91 Å². The Hall–Kier alpha value is -4.65. The number of carbonyl (C=O) groups excluding carboxylic acids is 1. The molecular weight excluding hydrogens is 720 g/mol. The minimum absolute atomic E-state index is 0.0657. The van der Waals surface area contributed by atoms with Gasteiger partial charge in [-0.3, -0.25) is 13.9 Å². The summed E-state index contributed by atoms with van der Waals surface area (Å²) in [6, 6.07) is 10.3. The number of hydrogen-bond acceptors (Lipinski definition) is 15. The molecule has 2 fully saturated rings. The van der Waals surface area contributed by atoms with Crippen LogP contribution in [0.4, 0.5) is 14.6 Å². The quantitative estimate of drug-likeness (QED) is 0.0891. The number of amides is 1. The highest BCUT2D eigenvalue weighted by Crippen LogP contribution is 2.61. The second kappa shape index (κ2) is 15.4. The average molecular weight is 751 g/mol. The lowest BCUT2D eigenvalue weighted by Crippen LogP contribution is -2.36. The van der Waals surface area contributed by atoms with Gasteiger partial charge in [0.1, 0.15) is 49.7 Å². The van der Waals surface area contributed by atoms with E-state index in [1.54, 1.807) is 37.3 Å². The van der Waals surface area contributed by atoms with Gasteiger partial charge < -0.3 is 25.0 Å². The van der Waals surface area contributed by atoms with Crippen LogP contribution >= 0.6 is 7.82 Å². The molecule has 1 amide bonds. The second-order valence-corrected chi connectivity index (χ2v) is 13.8. The van der Waals surface area contributed by atoms with E-state index in [9.17, 15) is 15.0 Å². The number of aliphatic hydroxyl groups is 2. The van der Waals surface area contributed by atoms with Gasteiger partial charge in [-0.25, -0.2) is 38.7 Å². The standard InChI is InChI=1S/C31H31BF2N10O8P/c1-16-22-27(38-12-36-16)43(14-40-22)31-21(34)25(18(10-45)50-31)52-53(32,48-9-5-8-35)49-11-19-24(46)20(33)30(51-19)44-15-41-23-26(37-13-39-28(23)44)42-29(47)17-6-3-2-4-7-17/h2-4,6-7,12-15,18-21,24-25,30-31,45-46H,5,9-11H2,1H3,(H,37,39,42,47)/q+1/t18-,19-,20-,21-,24-,25-,30-,31-,53?/m1/s1. The fourth-order valence-corrected chi connectivity index (χ4v) is 7.46. The molecule has 1 aromatic carbocycles. The van der Waals surface area contributed by atoms with Crippen LogP contribution in [0.3, 0.4) is 0 Å². The molecule has 3 N–H and O–H groups in total. The van der Waals surface area contributed by atoms with Gasteiger partial charge in [0, 0.05) is 5.56 Å². The third kappa shape index (κ3) is 7.20. The summed E-state index contributed by atoms with van der Waals surface area (Å²) < 4.78 is 63.4. The fourth-order valence-electron chi connectivity index (χ4n) is 5.97. The zero-order valence-corrected chi connectivity index (χ0v) is 28.7. The van der Waals surface area contributed by atoms with Crippen molar-refractivity contribution in [3.8, 4) is 6.07 Å². The van der Waals surface area contributed by atoms with Crippen LogP contribution in [-0.4, -0.2) is 119 Å². The number of carbonyl (C=O) groups is 1. The first-order valence-corrected chi connectivity index (χ1v) is 17.8. The van der Waals surface area contributed by atoms with Crippen molar-refractivity contribution >= 4 is 49.4 Å². The number of imidazole rings is 2. The maximum atomic E-state index is 16.2. The van der Waals surface area contributed by atoms with Crippen LogP contribution in [0.5, 0.6) is 0 Å². The van der Waals surface area contributed by atoms with Gasteiger partial charge in [-0.05, 0) is 19.1 Å². The number of ether oxygens (including phenoxy) is 2. The first-order valence-electron chi connectivity index (χ1n) is 16.2. The molecule has 7 rings (SSSR count). The highest BCUT2D eigenvalue weighted by Gasteiger charge is 2.56. The van der Waals surface area contributed by atoms with Gasteiger partial charge in [-0.2, -0.15) is 18.8 Å². The van der Waals surface area contributed by atoms with Crippen LogP contribution in [0.1, 0.15) is 34.9 Å². The summed E-state index contributed by atoms with van der Waals surface area (Å²) in [6.07, 6.45) is -7.87. The molecule has 5 aromatic rings. The summed E-state index contributed by atoms with van der Waals surface area (Å²) in [5.74, 6) is -0.388. The molecule has 2 radical (unpaired) electrons. The van der Waals surface area contributed by atoms with Crippen molar-refractivity contribution in [1.82, 2.24) is 39.0 Å². The molecule has 0 saturated carbocycles. The minimum Gasteiger partial charge on any atom is -0.394 e. The van der Waals surface area contributed by atoms with E-state index in [1.165, 1.54) is 28.1 Å². The summed E-state index contributed by atoms with van der Waals surface area (Å²) in [6.45, 7) is 0.142. The number of nitrogens with one attached hydrogen (secondary N) is 1. The molecule has 4 aromatic heterocycles. The lowest BCUT2D eigenvalue weighted by molar-refractivity contribution is -0.0544. The van der Waals surface area contributed by atoms with Crippen molar-refractivity contribution in [3.05, 3.63) is 66.9 Å². The molecule has 6 heterocycles. The SMILES string of the molecule is [B][P+](OCCC#N)(OC[C@H]1O[C@@H](n2cnc3c(NC(=O)c4ccccc4)ncnc32)[C@H](F)[C@@H]1O)O[C@H]1[C@@H](F)[C@H](n2cnc3c(C)ncnc32)O[C@@H]1CO. The molecule has 22 heteroatoms. The number of nitrogens with zero attached hydrogens (tertiary/aromatic N) is 9. The lowest BCUT2D eigenvalue weighted by atomic mass is 10.1. The van der Waals surface area contributed by atoms with E-state index >= 15 is 8.78 Å². The molecular formula is C31H31BF2N10O8P+. The Morgan fingerprint density at radius 2 is 1.64 bits per heavy atom. The molecule has 274 valence electrons. The molecule has 0 bridgehead atoms. The fraction of sp³-hybridized carbons (Fsp3) is 0.419. The van der Waals surface area contributed by atoms with Crippen LogP contribution < -0.4 is 5.32 Å². The van der Waals surface area contributed by atoms with Crippen LogP contribution in [0, 0.1) is 18.3 Å². The van der Waals surface area contributed by atoms with E-state index < -0.39 is 76.2 Å². The summed E-state index contributed by atoms with van der Waals surface area (Å²) in [7, 11) is 2.34. The van der Waals surface area contributed by atoms with Crippen molar-refractivity contribution in [2.24, 2.45) is 0 Å². The predicted molar refractivity (Wildman–Crippen MR) is 180 cm³/mol. The Bertz CT molecular complexity index is 2130. The first kappa shape index (κ1) is 36.7. The van der Waals surface area contributed by atoms with E-state index in [1.807, 2.05) is 6.07 Å². The van der Waals surface area contributed by atoms with E-state index in [0.717, 1.165) is 6.33 Å². The topological polar surface area (TPSA) is 227 Å². The number of fused-ring (bicyclic) bond motifs is 2. The molecule has 0 aliphatic carbocycles. The zero-order valence-electron chi connectivity index (χ0n) is 27.8. The van der Waals surface area contributed by atoms with Crippen LogP contribution in [0.2, 0.25) is 0 Å². The molecule has 2 aliphatic heterocycles. The molecule has 9 atom stereocenters. The van der Waals surface area contributed by atoms with Crippen molar-refractivity contribution in [1.29, 1.82) is 5.26 Å². The van der Waals surface area contributed by atoms with Crippen molar-refractivity contribution in [2.75, 3.05) is 25.1 Å². The van der Waals surface area contributed by atoms with E-state index in [2.05, 4.69) is 35.2 Å². The number of aromatic nitrogens is 8. The molecule has 2 saturated heterocycles. The number of benzene rings is 1. The smallest absolute Gasteiger partial charge is 0.394 e. The summed E-state index contributed by atoms with van der Waals surface area (Å²) >= 11 is 0. The zero-order chi connectivity index (χ0) is 37.3. The third-order valence-electron chi connectivity index (χ3n) is 8.63. The highest BCUT2D eigenvalue weighted by atomic mass is 31.2. The lowest BCUT2D eigenvalue weighted by Gasteiger charge is -2.26.